The van der Waals surface area contributed by atoms with Gasteiger partial charge in [0.15, 0.2) is 11.6 Å². The van der Waals surface area contributed by atoms with Crippen LogP contribution in [0.3, 0.4) is 0 Å². The Hall–Kier alpha value is -2.11. The first-order valence-electron chi connectivity index (χ1n) is 6.00. The van der Waals surface area contributed by atoms with Crippen molar-refractivity contribution in [2.24, 2.45) is 0 Å². The predicted octanol–water partition coefficient (Wildman–Crippen LogP) is 1.89. The third-order valence-corrected chi connectivity index (χ3v) is 2.52. The molecule has 2 aromatic heterocycles. The van der Waals surface area contributed by atoms with E-state index in [1.54, 1.807) is 6.20 Å². The maximum Gasteiger partial charge on any atom is 0.154 e. The van der Waals surface area contributed by atoms with Crippen LogP contribution in [0, 0.1) is 0 Å². The minimum absolute atomic E-state index is 0.721. The number of hydrogen-bond donors (Lipinski definition) is 1. The van der Waals surface area contributed by atoms with Crippen LogP contribution in [0.5, 0.6) is 0 Å². The zero-order valence-electron chi connectivity index (χ0n) is 11.0. The van der Waals surface area contributed by atoms with Gasteiger partial charge in [-0.3, -0.25) is 0 Å². The van der Waals surface area contributed by atoms with Crippen LogP contribution in [-0.2, 0) is 6.54 Å². The molecule has 0 saturated carbocycles. The van der Waals surface area contributed by atoms with E-state index in [0.29, 0.717) is 0 Å². The summed E-state index contributed by atoms with van der Waals surface area (Å²) >= 11 is 0. The fourth-order valence-electron chi connectivity index (χ4n) is 1.59. The lowest BCUT2D eigenvalue weighted by molar-refractivity contribution is 0.610. The molecule has 0 unspecified atom stereocenters. The van der Waals surface area contributed by atoms with Gasteiger partial charge in [-0.25, -0.2) is 4.68 Å². The van der Waals surface area contributed by atoms with Crippen molar-refractivity contribution < 1.29 is 0 Å². The maximum atomic E-state index is 4.25. The highest BCUT2D eigenvalue weighted by molar-refractivity contribution is 5.52. The van der Waals surface area contributed by atoms with Gasteiger partial charge < -0.3 is 10.2 Å². The van der Waals surface area contributed by atoms with E-state index in [1.807, 2.05) is 41.9 Å². The Balaban J connectivity index is 2.11. The Morgan fingerprint density at radius 3 is 2.67 bits per heavy atom. The van der Waals surface area contributed by atoms with Crippen LogP contribution < -0.4 is 10.2 Å². The van der Waals surface area contributed by atoms with E-state index in [1.165, 1.54) is 0 Å². The SMILES string of the molecule is CCCn1nccc1Nc1ccc(N(C)C)nn1. The molecule has 18 heavy (non-hydrogen) atoms. The van der Waals surface area contributed by atoms with Gasteiger partial charge in [0.2, 0.25) is 0 Å². The highest BCUT2D eigenvalue weighted by Crippen LogP contribution is 2.15. The predicted molar refractivity (Wildman–Crippen MR) is 72.2 cm³/mol. The number of aryl methyl sites for hydroxylation is 1. The Labute approximate surface area is 107 Å². The van der Waals surface area contributed by atoms with E-state index in [2.05, 4.69) is 27.5 Å². The van der Waals surface area contributed by atoms with Crippen molar-refractivity contribution in [3.05, 3.63) is 24.4 Å². The van der Waals surface area contributed by atoms with E-state index in [-0.39, 0.29) is 0 Å². The molecule has 0 aliphatic rings. The van der Waals surface area contributed by atoms with Crippen molar-refractivity contribution in [3.63, 3.8) is 0 Å². The zero-order chi connectivity index (χ0) is 13.0. The number of hydrogen-bond acceptors (Lipinski definition) is 5. The van der Waals surface area contributed by atoms with Gasteiger partial charge in [-0.1, -0.05) is 6.92 Å². The molecule has 0 fully saturated rings. The van der Waals surface area contributed by atoms with Gasteiger partial charge in [-0.05, 0) is 18.6 Å². The van der Waals surface area contributed by atoms with Crippen LogP contribution in [0.25, 0.3) is 0 Å². The van der Waals surface area contributed by atoms with E-state index < -0.39 is 0 Å². The van der Waals surface area contributed by atoms with Crippen molar-refractivity contribution in [3.8, 4) is 0 Å². The summed E-state index contributed by atoms with van der Waals surface area (Å²) in [6, 6.07) is 5.76. The molecule has 0 amide bonds. The van der Waals surface area contributed by atoms with E-state index in [4.69, 9.17) is 0 Å². The molecule has 0 radical (unpaired) electrons. The molecule has 1 N–H and O–H groups in total. The van der Waals surface area contributed by atoms with Gasteiger partial charge in [0.25, 0.3) is 0 Å². The van der Waals surface area contributed by atoms with Crippen LogP contribution >= 0.6 is 0 Å². The number of nitrogens with one attached hydrogen (secondary N) is 1. The van der Waals surface area contributed by atoms with Gasteiger partial charge in [0, 0.05) is 26.7 Å². The fourth-order valence-corrected chi connectivity index (χ4v) is 1.59. The lowest BCUT2D eigenvalue weighted by Crippen LogP contribution is -2.12. The summed E-state index contributed by atoms with van der Waals surface area (Å²) in [5.74, 6) is 2.49. The molecule has 2 rings (SSSR count). The van der Waals surface area contributed by atoms with Gasteiger partial charge in [0.05, 0.1) is 6.20 Å². The lowest BCUT2D eigenvalue weighted by atomic mass is 10.4. The average Bonchev–Trinajstić information content (AvgIpc) is 2.78. The second kappa shape index (κ2) is 5.48. The second-order valence-corrected chi connectivity index (χ2v) is 4.24. The highest BCUT2D eigenvalue weighted by atomic mass is 15.3. The van der Waals surface area contributed by atoms with Crippen LogP contribution in [0.1, 0.15) is 13.3 Å². The normalized spacial score (nSPS) is 10.4. The van der Waals surface area contributed by atoms with Crippen molar-refractivity contribution >= 4 is 17.5 Å². The number of anilines is 3. The first kappa shape index (κ1) is 12.3. The van der Waals surface area contributed by atoms with E-state index in [9.17, 15) is 0 Å². The van der Waals surface area contributed by atoms with E-state index in [0.717, 1.165) is 30.4 Å². The summed E-state index contributed by atoms with van der Waals surface area (Å²) in [5.41, 5.74) is 0. The van der Waals surface area contributed by atoms with Gasteiger partial charge in [-0.15, -0.1) is 10.2 Å². The molecule has 0 saturated heterocycles. The fraction of sp³-hybridized carbons (Fsp3) is 0.417. The highest BCUT2D eigenvalue weighted by Gasteiger charge is 2.04. The third kappa shape index (κ3) is 2.77. The molecule has 6 heteroatoms. The lowest BCUT2D eigenvalue weighted by Gasteiger charge is -2.11. The molecular weight excluding hydrogens is 228 g/mol. The minimum atomic E-state index is 0.721. The van der Waals surface area contributed by atoms with Gasteiger partial charge in [0.1, 0.15) is 5.82 Å². The molecule has 0 aliphatic carbocycles. The van der Waals surface area contributed by atoms with Crippen LogP contribution in [0.4, 0.5) is 17.5 Å². The average molecular weight is 246 g/mol. The second-order valence-electron chi connectivity index (χ2n) is 4.24. The van der Waals surface area contributed by atoms with Crippen LogP contribution in [-0.4, -0.2) is 34.1 Å². The molecule has 96 valence electrons. The van der Waals surface area contributed by atoms with Crippen LogP contribution in [0.15, 0.2) is 24.4 Å². The topological polar surface area (TPSA) is 58.9 Å². The molecule has 0 spiro atoms. The summed E-state index contributed by atoms with van der Waals surface area (Å²) in [4.78, 5) is 1.91. The minimum Gasteiger partial charge on any atom is -0.361 e. The number of nitrogens with zero attached hydrogens (tertiary/aromatic N) is 5. The largest absolute Gasteiger partial charge is 0.361 e. The molecule has 0 atom stereocenters. The van der Waals surface area contributed by atoms with E-state index >= 15 is 0 Å². The Morgan fingerprint density at radius 2 is 2.06 bits per heavy atom. The Kier molecular flexibility index (Phi) is 3.76. The molecule has 6 nitrogen and oxygen atoms in total. The van der Waals surface area contributed by atoms with Gasteiger partial charge >= 0.3 is 0 Å². The number of aromatic nitrogens is 4. The standard InChI is InChI=1S/C12H18N6/c1-4-9-18-11(7-8-13-18)14-10-5-6-12(16-15-10)17(2)3/h5-8H,4,9H2,1-3H3,(H,14,15). The molecule has 2 heterocycles. The van der Waals surface area contributed by atoms with Crippen molar-refractivity contribution in [1.29, 1.82) is 0 Å². The van der Waals surface area contributed by atoms with Crippen LogP contribution in [0.2, 0.25) is 0 Å². The van der Waals surface area contributed by atoms with Gasteiger partial charge in [-0.2, -0.15) is 5.10 Å². The molecule has 0 aromatic carbocycles. The quantitative estimate of drug-likeness (QED) is 0.873. The summed E-state index contributed by atoms with van der Waals surface area (Å²) in [6.45, 7) is 3.01. The van der Waals surface area contributed by atoms with Crippen molar-refractivity contribution in [2.75, 3.05) is 24.3 Å². The molecular formula is C12H18N6. The Morgan fingerprint density at radius 1 is 1.22 bits per heavy atom. The number of rotatable bonds is 5. The molecule has 0 aliphatic heterocycles. The first-order valence-corrected chi connectivity index (χ1v) is 6.00. The van der Waals surface area contributed by atoms with Crippen molar-refractivity contribution in [1.82, 2.24) is 20.0 Å². The maximum absolute atomic E-state index is 4.25. The summed E-state index contributed by atoms with van der Waals surface area (Å²) < 4.78 is 1.92. The Bertz CT molecular complexity index is 488. The summed E-state index contributed by atoms with van der Waals surface area (Å²) in [5, 5.41) is 15.7. The monoisotopic (exact) mass is 246 g/mol. The molecule has 2 aromatic rings. The smallest absolute Gasteiger partial charge is 0.154 e. The van der Waals surface area contributed by atoms with Crippen molar-refractivity contribution in [2.45, 2.75) is 19.9 Å². The molecule has 0 bridgehead atoms. The summed E-state index contributed by atoms with van der Waals surface area (Å²) in [7, 11) is 3.88. The third-order valence-electron chi connectivity index (χ3n) is 2.52. The summed E-state index contributed by atoms with van der Waals surface area (Å²) in [6.07, 6.45) is 2.82. The zero-order valence-corrected chi connectivity index (χ0v) is 11.0. The first-order chi connectivity index (χ1) is 8.70.